The second kappa shape index (κ2) is 7.23. The van der Waals surface area contributed by atoms with E-state index in [4.69, 9.17) is 4.74 Å². The summed E-state index contributed by atoms with van der Waals surface area (Å²) in [6.07, 6.45) is 8.79. The summed E-state index contributed by atoms with van der Waals surface area (Å²) in [5.74, 6) is 0.138. The van der Waals surface area contributed by atoms with Crippen molar-refractivity contribution < 1.29 is 9.53 Å². The van der Waals surface area contributed by atoms with Gasteiger partial charge in [-0.3, -0.25) is 14.8 Å². The van der Waals surface area contributed by atoms with Crippen LogP contribution in [-0.4, -0.2) is 57.0 Å². The summed E-state index contributed by atoms with van der Waals surface area (Å²) < 4.78 is 5.65. The molecule has 0 aromatic carbocycles. The van der Waals surface area contributed by atoms with Crippen molar-refractivity contribution in [2.24, 2.45) is 5.92 Å². The number of carbonyl (C=O) groups is 1. The first kappa shape index (κ1) is 15.5. The summed E-state index contributed by atoms with van der Waals surface area (Å²) in [7, 11) is 0. The highest BCUT2D eigenvalue weighted by molar-refractivity contribution is 5.93. The van der Waals surface area contributed by atoms with Crippen molar-refractivity contribution >= 4 is 5.91 Å². The molecule has 0 spiro atoms. The lowest BCUT2D eigenvalue weighted by atomic mass is 10.0. The molecule has 0 N–H and O–H groups in total. The zero-order chi connectivity index (χ0) is 16.1. The molecule has 1 amide bonds. The first-order chi connectivity index (χ1) is 11.2. The molecule has 0 radical (unpaired) electrons. The molecule has 1 aliphatic heterocycles. The van der Waals surface area contributed by atoms with Crippen LogP contribution in [0.4, 0.5) is 0 Å². The van der Waals surface area contributed by atoms with Crippen LogP contribution in [0.25, 0.3) is 0 Å². The highest BCUT2D eigenvalue weighted by atomic mass is 16.5. The van der Waals surface area contributed by atoms with Crippen LogP contribution in [0.2, 0.25) is 0 Å². The molecule has 0 aliphatic carbocycles. The van der Waals surface area contributed by atoms with Gasteiger partial charge in [-0.05, 0) is 13.3 Å². The quantitative estimate of drug-likeness (QED) is 0.837. The number of aryl methyl sites for hydroxylation is 1. The maximum Gasteiger partial charge on any atom is 0.257 e. The number of nitrogens with zero attached hydrogens (tertiary/aromatic N) is 5. The number of amides is 1. The molecule has 2 aromatic rings. The summed E-state index contributed by atoms with van der Waals surface area (Å²) in [6, 6.07) is 0. The smallest absolute Gasteiger partial charge is 0.257 e. The Morgan fingerprint density at radius 2 is 2.09 bits per heavy atom. The summed E-state index contributed by atoms with van der Waals surface area (Å²) in [5.41, 5.74) is 2.32. The fourth-order valence-electron chi connectivity index (χ4n) is 2.60. The number of ether oxygens (including phenoxy) is 1. The van der Waals surface area contributed by atoms with E-state index in [0.717, 1.165) is 17.8 Å². The molecule has 7 heteroatoms. The van der Waals surface area contributed by atoms with E-state index in [1.807, 2.05) is 6.92 Å². The monoisotopic (exact) mass is 313 g/mol. The number of hydrogen-bond acceptors (Lipinski definition) is 6. The summed E-state index contributed by atoms with van der Waals surface area (Å²) in [4.78, 5) is 30.8. The predicted molar refractivity (Wildman–Crippen MR) is 82.7 cm³/mol. The lowest BCUT2D eigenvalue weighted by molar-refractivity contribution is 0.0736. The standard InChI is InChI=1S/C16H19N5O2/c1-12-5-20-15(8-19-12)4-13-9-21(2-3-23-10-13)16(22)14-6-17-11-18-7-14/h5-8,11,13H,2-4,9-10H2,1H3/t13-/m1/s1. The van der Waals surface area contributed by atoms with Crippen LogP contribution < -0.4 is 0 Å². The molecule has 1 atom stereocenters. The highest BCUT2D eigenvalue weighted by Crippen LogP contribution is 2.14. The van der Waals surface area contributed by atoms with E-state index >= 15 is 0 Å². The summed E-state index contributed by atoms with van der Waals surface area (Å²) >= 11 is 0. The average molecular weight is 313 g/mol. The second-order valence-electron chi connectivity index (χ2n) is 5.67. The van der Waals surface area contributed by atoms with Gasteiger partial charge in [-0.25, -0.2) is 9.97 Å². The number of rotatable bonds is 3. The zero-order valence-electron chi connectivity index (χ0n) is 13.1. The van der Waals surface area contributed by atoms with Crippen LogP contribution in [-0.2, 0) is 11.2 Å². The predicted octanol–water partition coefficient (Wildman–Crippen LogP) is 0.906. The molecule has 0 bridgehead atoms. The minimum atomic E-state index is -0.0592. The molecular formula is C16H19N5O2. The topological polar surface area (TPSA) is 81.1 Å². The minimum absolute atomic E-state index is 0.0592. The third kappa shape index (κ3) is 4.07. The fraction of sp³-hybridized carbons (Fsp3) is 0.438. The van der Waals surface area contributed by atoms with Gasteiger partial charge in [-0.2, -0.15) is 0 Å². The molecule has 3 heterocycles. The molecule has 1 saturated heterocycles. The Morgan fingerprint density at radius 1 is 1.26 bits per heavy atom. The van der Waals surface area contributed by atoms with E-state index in [9.17, 15) is 4.79 Å². The van der Waals surface area contributed by atoms with Crippen molar-refractivity contribution in [3.05, 3.63) is 48.1 Å². The summed E-state index contributed by atoms with van der Waals surface area (Å²) in [6.45, 7) is 4.26. The molecule has 0 unspecified atom stereocenters. The van der Waals surface area contributed by atoms with E-state index in [1.54, 1.807) is 29.7 Å². The Bertz CT molecular complexity index is 647. The molecule has 3 rings (SSSR count). The van der Waals surface area contributed by atoms with E-state index in [0.29, 0.717) is 31.9 Å². The van der Waals surface area contributed by atoms with Crippen LogP contribution in [0.1, 0.15) is 21.7 Å². The lowest BCUT2D eigenvalue weighted by Gasteiger charge is -2.23. The Hall–Kier alpha value is -2.41. The maximum atomic E-state index is 12.6. The van der Waals surface area contributed by atoms with Gasteiger partial charge in [0.15, 0.2) is 0 Å². The van der Waals surface area contributed by atoms with Crippen molar-refractivity contribution in [1.82, 2.24) is 24.8 Å². The molecule has 7 nitrogen and oxygen atoms in total. The van der Waals surface area contributed by atoms with Crippen LogP contribution >= 0.6 is 0 Å². The van der Waals surface area contributed by atoms with Crippen LogP contribution in [0, 0.1) is 12.8 Å². The molecule has 120 valence electrons. The number of carbonyl (C=O) groups excluding carboxylic acids is 1. The largest absolute Gasteiger partial charge is 0.379 e. The third-order valence-corrected chi connectivity index (χ3v) is 3.76. The fourth-order valence-corrected chi connectivity index (χ4v) is 2.60. The second-order valence-corrected chi connectivity index (χ2v) is 5.67. The van der Waals surface area contributed by atoms with Crippen LogP contribution in [0.5, 0.6) is 0 Å². The van der Waals surface area contributed by atoms with Gasteiger partial charge in [0.1, 0.15) is 6.33 Å². The first-order valence-electron chi connectivity index (χ1n) is 7.62. The minimum Gasteiger partial charge on any atom is -0.379 e. The SMILES string of the molecule is Cc1cnc(C[C@H]2COCCN(C(=O)c3cncnc3)C2)cn1. The van der Waals surface area contributed by atoms with Gasteiger partial charge in [0.25, 0.3) is 5.91 Å². The Balaban J connectivity index is 1.68. The molecule has 1 aliphatic rings. The van der Waals surface area contributed by atoms with E-state index in [-0.39, 0.29) is 11.8 Å². The lowest BCUT2D eigenvalue weighted by Crippen LogP contribution is -2.36. The van der Waals surface area contributed by atoms with Crippen molar-refractivity contribution in [3.8, 4) is 0 Å². The highest BCUT2D eigenvalue weighted by Gasteiger charge is 2.24. The molecule has 23 heavy (non-hydrogen) atoms. The van der Waals surface area contributed by atoms with Gasteiger partial charge in [0.05, 0.1) is 30.2 Å². The van der Waals surface area contributed by atoms with Crippen LogP contribution in [0.3, 0.4) is 0 Å². The van der Waals surface area contributed by atoms with Gasteiger partial charge >= 0.3 is 0 Å². The Kier molecular flexibility index (Phi) is 4.87. The Morgan fingerprint density at radius 3 is 2.83 bits per heavy atom. The van der Waals surface area contributed by atoms with Gasteiger partial charge in [0.2, 0.25) is 0 Å². The average Bonchev–Trinajstić information content (AvgIpc) is 2.83. The normalized spacial score (nSPS) is 18.5. The Labute approximate surface area is 134 Å². The van der Waals surface area contributed by atoms with Gasteiger partial charge in [0, 0.05) is 43.8 Å². The van der Waals surface area contributed by atoms with Crippen LogP contribution in [0.15, 0.2) is 31.1 Å². The molecule has 1 fully saturated rings. The van der Waals surface area contributed by atoms with Gasteiger partial charge < -0.3 is 9.64 Å². The van der Waals surface area contributed by atoms with Crippen molar-refractivity contribution in [1.29, 1.82) is 0 Å². The molecular weight excluding hydrogens is 294 g/mol. The summed E-state index contributed by atoms with van der Waals surface area (Å²) in [5, 5.41) is 0. The third-order valence-electron chi connectivity index (χ3n) is 3.76. The maximum absolute atomic E-state index is 12.6. The van der Waals surface area contributed by atoms with Gasteiger partial charge in [-0.15, -0.1) is 0 Å². The number of aromatic nitrogens is 4. The van der Waals surface area contributed by atoms with Crippen molar-refractivity contribution in [2.45, 2.75) is 13.3 Å². The number of hydrogen-bond donors (Lipinski definition) is 0. The van der Waals surface area contributed by atoms with E-state index in [1.165, 1.54) is 6.33 Å². The van der Waals surface area contributed by atoms with Crippen molar-refractivity contribution in [2.75, 3.05) is 26.3 Å². The first-order valence-corrected chi connectivity index (χ1v) is 7.62. The zero-order valence-corrected chi connectivity index (χ0v) is 13.1. The van der Waals surface area contributed by atoms with E-state index < -0.39 is 0 Å². The van der Waals surface area contributed by atoms with E-state index in [2.05, 4.69) is 19.9 Å². The molecule has 2 aromatic heterocycles. The van der Waals surface area contributed by atoms with Gasteiger partial charge in [-0.1, -0.05) is 0 Å². The van der Waals surface area contributed by atoms with Crippen molar-refractivity contribution in [3.63, 3.8) is 0 Å². The molecule has 0 saturated carbocycles.